The Kier molecular flexibility index (Phi) is 5.23. The monoisotopic (exact) mass is 355 g/mol. The van der Waals surface area contributed by atoms with Crippen molar-refractivity contribution in [2.75, 3.05) is 0 Å². The van der Waals surface area contributed by atoms with E-state index in [-0.39, 0.29) is 18.5 Å². The summed E-state index contributed by atoms with van der Waals surface area (Å²) in [6.45, 7) is 6.31. The number of benzene rings is 1. The molecule has 0 fully saturated rings. The van der Waals surface area contributed by atoms with Crippen LogP contribution >= 0.6 is 11.3 Å². The van der Waals surface area contributed by atoms with Gasteiger partial charge in [0.25, 0.3) is 0 Å². The molecule has 0 radical (unpaired) electrons. The van der Waals surface area contributed by atoms with E-state index in [2.05, 4.69) is 46.7 Å². The third-order valence-corrected chi connectivity index (χ3v) is 4.98. The summed E-state index contributed by atoms with van der Waals surface area (Å²) < 4.78 is 0. The van der Waals surface area contributed by atoms with Gasteiger partial charge in [0, 0.05) is 10.4 Å². The van der Waals surface area contributed by atoms with E-state index in [0.29, 0.717) is 11.7 Å². The third kappa shape index (κ3) is 4.30. The molecule has 0 aliphatic carbocycles. The molecule has 0 spiro atoms. The van der Waals surface area contributed by atoms with E-state index in [1.165, 1.54) is 10.4 Å². The molecule has 130 valence electrons. The Morgan fingerprint density at radius 2 is 1.96 bits per heavy atom. The molecule has 1 amide bonds. The Labute approximate surface area is 150 Å². The van der Waals surface area contributed by atoms with Gasteiger partial charge in [-0.25, -0.2) is 0 Å². The normalized spacial score (nSPS) is 12.3. The van der Waals surface area contributed by atoms with Gasteiger partial charge in [0.1, 0.15) is 6.54 Å². The molecule has 1 atom stereocenters. The SMILES string of the molecule is CC(C)c1ccc(-c2nnn(CC(=O)NC(C)c3cccs3)n2)cc1. The number of nitrogens with one attached hydrogen (secondary N) is 1. The Balaban J connectivity index is 1.62. The third-order valence-electron chi connectivity index (χ3n) is 3.92. The molecule has 7 heteroatoms. The molecule has 2 aromatic heterocycles. The molecule has 0 saturated heterocycles. The number of amides is 1. The van der Waals surface area contributed by atoms with Crippen LogP contribution in [-0.2, 0) is 11.3 Å². The van der Waals surface area contributed by atoms with Crippen LogP contribution in [0, 0.1) is 0 Å². The summed E-state index contributed by atoms with van der Waals surface area (Å²) in [7, 11) is 0. The summed E-state index contributed by atoms with van der Waals surface area (Å²) in [6.07, 6.45) is 0. The van der Waals surface area contributed by atoms with Crippen molar-refractivity contribution in [2.24, 2.45) is 0 Å². The van der Waals surface area contributed by atoms with Crippen LogP contribution in [0.4, 0.5) is 0 Å². The summed E-state index contributed by atoms with van der Waals surface area (Å²) in [5.41, 5.74) is 2.15. The van der Waals surface area contributed by atoms with Crippen LogP contribution in [0.5, 0.6) is 0 Å². The molecule has 0 bridgehead atoms. The Morgan fingerprint density at radius 1 is 1.20 bits per heavy atom. The minimum atomic E-state index is -0.139. The number of thiophene rings is 1. The Bertz CT molecular complexity index is 824. The maximum atomic E-state index is 12.1. The Morgan fingerprint density at radius 3 is 2.60 bits per heavy atom. The number of rotatable bonds is 6. The van der Waals surface area contributed by atoms with Gasteiger partial charge in [-0.1, -0.05) is 44.2 Å². The van der Waals surface area contributed by atoms with Gasteiger partial charge in [-0.15, -0.1) is 21.5 Å². The summed E-state index contributed by atoms with van der Waals surface area (Å²) >= 11 is 1.62. The van der Waals surface area contributed by atoms with Gasteiger partial charge in [-0.05, 0) is 35.1 Å². The van der Waals surface area contributed by atoms with Gasteiger partial charge in [0.15, 0.2) is 0 Å². The molecule has 0 saturated carbocycles. The lowest BCUT2D eigenvalue weighted by atomic mass is 10.0. The highest BCUT2D eigenvalue weighted by molar-refractivity contribution is 7.10. The summed E-state index contributed by atoms with van der Waals surface area (Å²) in [6, 6.07) is 12.0. The van der Waals surface area contributed by atoms with E-state index in [4.69, 9.17) is 0 Å². The molecule has 3 rings (SSSR count). The number of tetrazole rings is 1. The quantitative estimate of drug-likeness (QED) is 0.735. The molecule has 1 aromatic carbocycles. The second-order valence-electron chi connectivity index (χ2n) is 6.22. The van der Waals surface area contributed by atoms with Crippen LogP contribution in [0.15, 0.2) is 41.8 Å². The zero-order valence-electron chi connectivity index (χ0n) is 14.5. The van der Waals surface area contributed by atoms with E-state index in [0.717, 1.165) is 10.4 Å². The second kappa shape index (κ2) is 7.57. The van der Waals surface area contributed by atoms with E-state index in [1.807, 2.05) is 36.6 Å². The van der Waals surface area contributed by atoms with Gasteiger partial charge in [0.2, 0.25) is 11.7 Å². The second-order valence-corrected chi connectivity index (χ2v) is 7.20. The zero-order valence-corrected chi connectivity index (χ0v) is 15.3. The standard InChI is InChI=1S/C18H21N5OS/c1-12(2)14-6-8-15(9-7-14)18-20-22-23(21-18)11-17(24)19-13(3)16-5-4-10-25-16/h4-10,12-13H,11H2,1-3H3,(H,19,24). The first-order valence-electron chi connectivity index (χ1n) is 8.24. The zero-order chi connectivity index (χ0) is 17.8. The lowest BCUT2D eigenvalue weighted by molar-refractivity contribution is -0.122. The maximum absolute atomic E-state index is 12.1. The van der Waals surface area contributed by atoms with Crippen molar-refractivity contribution in [1.29, 1.82) is 0 Å². The lowest BCUT2D eigenvalue weighted by Crippen LogP contribution is -2.30. The van der Waals surface area contributed by atoms with Crippen LogP contribution in [0.3, 0.4) is 0 Å². The van der Waals surface area contributed by atoms with Gasteiger partial charge in [0.05, 0.1) is 6.04 Å². The maximum Gasteiger partial charge on any atom is 0.244 e. The molecular formula is C18H21N5OS. The Hall–Kier alpha value is -2.54. The number of carbonyl (C=O) groups is 1. The fraction of sp³-hybridized carbons (Fsp3) is 0.333. The number of carbonyl (C=O) groups excluding carboxylic acids is 1. The molecule has 3 aromatic rings. The molecular weight excluding hydrogens is 334 g/mol. The van der Waals surface area contributed by atoms with Crippen molar-refractivity contribution >= 4 is 17.2 Å². The lowest BCUT2D eigenvalue weighted by Gasteiger charge is -2.11. The van der Waals surface area contributed by atoms with Crippen molar-refractivity contribution in [2.45, 2.75) is 39.3 Å². The fourth-order valence-electron chi connectivity index (χ4n) is 2.47. The van der Waals surface area contributed by atoms with Crippen LogP contribution in [0.2, 0.25) is 0 Å². The van der Waals surface area contributed by atoms with Crippen molar-refractivity contribution in [3.8, 4) is 11.4 Å². The fourth-order valence-corrected chi connectivity index (χ4v) is 3.20. The van der Waals surface area contributed by atoms with Crippen LogP contribution in [0.1, 0.15) is 43.2 Å². The number of nitrogens with zero attached hydrogens (tertiary/aromatic N) is 4. The predicted octanol–water partition coefficient (Wildman–Crippen LogP) is 3.40. The van der Waals surface area contributed by atoms with E-state index in [9.17, 15) is 4.79 Å². The smallest absolute Gasteiger partial charge is 0.244 e. The summed E-state index contributed by atoms with van der Waals surface area (Å²) in [4.78, 5) is 14.6. The first-order chi connectivity index (χ1) is 12.0. The van der Waals surface area contributed by atoms with Gasteiger partial charge >= 0.3 is 0 Å². The molecule has 6 nitrogen and oxygen atoms in total. The van der Waals surface area contributed by atoms with Crippen LogP contribution in [0.25, 0.3) is 11.4 Å². The van der Waals surface area contributed by atoms with Gasteiger partial charge < -0.3 is 5.32 Å². The molecule has 1 N–H and O–H groups in total. The molecule has 25 heavy (non-hydrogen) atoms. The topological polar surface area (TPSA) is 72.7 Å². The minimum absolute atomic E-state index is 0.0286. The molecule has 1 unspecified atom stereocenters. The van der Waals surface area contributed by atoms with Gasteiger partial charge in [-0.2, -0.15) is 4.80 Å². The molecule has 0 aliphatic heterocycles. The average molecular weight is 355 g/mol. The largest absolute Gasteiger partial charge is 0.347 e. The highest BCUT2D eigenvalue weighted by atomic mass is 32.1. The highest BCUT2D eigenvalue weighted by Gasteiger charge is 2.13. The van der Waals surface area contributed by atoms with E-state index < -0.39 is 0 Å². The van der Waals surface area contributed by atoms with Gasteiger partial charge in [-0.3, -0.25) is 4.79 Å². The van der Waals surface area contributed by atoms with E-state index >= 15 is 0 Å². The van der Waals surface area contributed by atoms with Crippen molar-refractivity contribution in [1.82, 2.24) is 25.5 Å². The minimum Gasteiger partial charge on any atom is -0.347 e. The van der Waals surface area contributed by atoms with Crippen LogP contribution in [-0.4, -0.2) is 26.1 Å². The van der Waals surface area contributed by atoms with Crippen molar-refractivity contribution < 1.29 is 4.79 Å². The molecule has 0 aliphatic rings. The van der Waals surface area contributed by atoms with E-state index in [1.54, 1.807) is 11.3 Å². The number of aromatic nitrogens is 4. The number of hydrogen-bond acceptors (Lipinski definition) is 5. The average Bonchev–Trinajstić information content (AvgIpc) is 3.26. The highest BCUT2D eigenvalue weighted by Crippen LogP contribution is 2.20. The van der Waals surface area contributed by atoms with Crippen molar-refractivity contribution in [3.05, 3.63) is 52.2 Å². The molecule has 2 heterocycles. The summed E-state index contributed by atoms with van der Waals surface area (Å²) in [5.74, 6) is 0.862. The number of hydrogen-bond donors (Lipinski definition) is 1. The van der Waals surface area contributed by atoms with Crippen molar-refractivity contribution in [3.63, 3.8) is 0 Å². The first kappa shape index (κ1) is 17.3. The van der Waals surface area contributed by atoms with Crippen LogP contribution < -0.4 is 5.32 Å². The summed E-state index contributed by atoms with van der Waals surface area (Å²) in [5, 5.41) is 17.3. The first-order valence-corrected chi connectivity index (χ1v) is 9.12. The predicted molar refractivity (Wildman–Crippen MR) is 98.2 cm³/mol.